The average Bonchev–Trinajstić information content (AvgIpc) is 2.79. The van der Waals surface area contributed by atoms with Gasteiger partial charge in [0.25, 0.3) is 0 Å². The summed E-state index contributed by atoms with van der Waals surface area (Å²) in [5.74, 6) is 0. The Bertz CT molecular complexity index is 1330. The molecule has 5 aromatic carbocycles. The second-order valence-corrected chi connectivity index (χ2v) is 7.74. The fourth-order valence-electron chi connectivity index (χ4n) is 4.62. The van der Waals surface area contributed by atoms with Crippen LogP contribution in [-0.4, -0.2) is 0 Å². The molecule has 0 aliphatic heterocycles. The monoisotopic (exact) mass is 384 g/mol. The van der Waals surface area contributed by atoms with Crippen molar-refractivity contribution in [3.05, 3.63) is 114 Å². The molecule has 0 saturated carbocycles. The van der Waals surface area contributed by atoms with Crippen molar-refractivity contribution in [1.29, 1.82) is 0 Å². The fraction of sp³-hybridized carbons (Fsp3) is 0.0667. The zero-order valence-corrected chi connectivity index (χ0v) is 17.4. The van der Waals surface area contributed by atoms with Gasteiger partial charge in [0, 0.05) is 0 Å². The quantitative estimate of drug-likeness (QED) is 0.273. The van der Waals surface area contributed by atoms with Gasteiger partial charge in [-0.05, 0) is 68.8 Å². The van der Waals surface area contributed by atoms with Crippen LogP contribution in [0.3, 0.4) is 0 Å². The highest BCUT2D eigenvalue weighted by atomic mass is 14.2. The number of rotatable bonds is 3. The SMILES string of the molecule is CC=Cc1c(C)cccc1-c1c2ccccc2c(-c2ccccc2)c2ccccc12. The largest absolute Gasteiger partial charge is 0.0870 e. The first-order valence-corrected chi connectivity index (χ1v) is 10.5. The molecule has 0 atom stereocenters. The smallest absolute Gasteiger partial charge is 0.00203 e. The summed E-state index contributed by atoms with van der Waals surface area (Å²) in [5.41, 5.74) is 7.77. The van der Waals surface area contributed by atoms with Gasteiger partial charge in [-0.2, -0.15) is 0 Å². The van der Waals surface area contributed by atoms with E-state index in [0.29, 0.717) is 0 Å². The van der Waals surface area contributed by atoms with E-state index in [9.17, 15) is 0 Å². The van der Waals surface area contributed by atoms with Crippen molar-refractivity contribution in [2.24, 2.45) is 0 Å². The van der Waals surface area contributed by atoms with Crippen LogP contribution in [0.4, 0.5) is 0 Å². The van der Waals surface area contributed by atoms with Gasteiger partial charge in [0.05, 0.1) is 0 Å². The third kappa shape index (κ3) is 2.93. The van der Waals surface area contributed by atoms with E-state index < -0.39 is 0 Å². The molecule has 0 radical (unpaired) electrons. The second-order valence-electron chi connectivity index (χ2n) is 7.74. The number of allylic oxidation sites excluding steroid dienone is 1. The lowest BCUT2D eigenvalue weighted by molar-refractivity contribution is 1.44. The minimum atomic E-state index is 1.26. The molecule has 0 heterocycles. The first kappa shape index (κ1) is 18.4. The van der Waals surface area contributed by atoms with Gasteiger partial charge in [-0.3, -0.25) is 0 Å². The maximum atomic E-state index is 2.27. The third-order valence-electron chi connectivity index (χ3n) is 5.92. The molecule has 0 aromatic heterocycles. The fourth-order valence-corrected chi connectivity index (χ4v) is 4.62. The van der Waals surface area contributed by atoms with Crippen LogP contribution in [0.1, 0.15) is 18.1 Å². The Hall–Kier alpha value is -3.64. The van der Waals surface area contributed by atoms with Gasteiger partial charge in [-0.15, -0.1) is 0 Å². The van der Waals surface area contributed by atoms with E-state index in [0.717, 1.165) is 0 Å². The van der Waals surface area contributed by atoms with E-state index >= 15 is 0 Å². The van der Waals surface area contributed by atoms with Gasteiger partial charge in [-0.1, -0.05) is 109 Å². The van der Waals surface area contributed by atoms with Crippen molar-refractivity contribution in [2.75, 3.05) is 0 Å². The lowest BCUT2D eigenvalue weighted by atomic mass is 9.84. The second kappa shape index (κ2) is 7.65. The Kier molecular flexibility index (Phi) is 4.69. The predicted octanol–water partition coefficient (Wildman–Crippen LogP) is 8.67. The first-order valence-electron chi connectivity index (χ1n) is 10.5. The Morgan fingerprint density at radius 2 is 1.07 bits per heavy atom. The Morgan fingerprint density at radius 1 is 0.533 bits per heavy atom. The predicted molar refractivity (Wildman–Crippen MR) is 132 cm³/mol. The van der Waals surface area contributed by atoms with Crippen LogP contribution in [-0.2, 0) is 0 Å². The number of fused-ring (bicyclic) bond motifs is 2. The molecule has 0 N–H and O–H groups in total. The average molecular weight is 385 g/mol. The van der Waals surface area contributed by atoms with Crippen molar-refractivity contribution >= 4 is 27.6 Å². The van der Waals surface area contributed by atoms with Gasteiger partial charge in [0.2, 0.25) is 0 Å². The van der Waals surface area contributed by atoms with Gasteiger partial charge < -0.3 is 0 Å². The first-order chi connectivity index (χ1) is 14.8. The molecule has 0 saturated heterocycles. The highest BCUT2D eigenvalue weighted by Crippen LogP contribution is 2.44. The minimum absolute atomic E-state index is 1.26. The van der Waals surface area contributed by atoms with E-state index in [1.54, 1.807) is 0 Å². The van der Waals surface area contributed by atoms with Gasteiger partial charge in [-0.25, -0.2) is 0 Å². The Balaban J connectivity index is 2.01. The molecule has 0 nitrogen and oxygen atoms in total. The molecule has 0 aliphatic rings. The van der Waals surface area contributed by atoms with Crippen LogP contribution in [0, 0.1) is 6.92 Å². The summed E-state index contributed by atoms with van der Waals surface area (Å²) in [6.07, 6.45) is 4.37. The normalized spacial score (nSPS) is 11.5. The topological polar surface area (TPSA) is 0 Å². The molecule has 0 heteroatoms. The molecule has 0 unspecified atom stereocenters. The van der Waals surface area contributed by atoms with E-state index in [1.807, 2.05) is 0 Å². The number of aryl methyl sites for hydroxylation is 1. The van der Waals surface area contributed by atoms with Gasteiger partial charge >= 0.3 is 0 Å². The van der Waals surface area contributed by atoms with Crippen LogP contribution >= 0.6 is 0 Å². The molecular weight excluding hydrogens is 360 g/mol. The van der Waals surface area contributed by atoms with Gasteiger partial charge in [0.1, 0.15) is 0 Å². The summed E-state index contributed by atoms with van der Waals surface area (Å²) in [6, 6.07) is 35.1. The summed E-state index contributed by atoms with van der Waals surface area (Å²) in [7, 11) is 0. The zero-order chi connectivity index (χ0) is 20.5. The molecule has 5 aromatic rings. The third-order valence-corrected chi connectivity index (χ3v) is 5.92. The van der Waals surface area contributed by atoms with E-state index in [1.165, 1.54) is 54.9 Å². The van der Waals surface area contributed by atoms with Crippen molar-refractivity contribution in [2.45, 2.75) is 13.8 Å². The number of benzene rings is 5. The molecule has 144 valence electrons. The van der Waals surface area contributed by atoms with Crippen LogP contribution < -0.4 is 0 Å². The molecule has 0 aliphatic carbocycles. The maximum Gasteiger partial charge on any atom is -0.00203 e. The van der Waals surface area contributed by atoms with Crippen LogP contribution in [0.15, 0.2) is 103 Å². The number of hydrogen-bond acceptors (Lipinski definition) is 0. The van der Waals surface area contributed by atoms with Crippen LogP contribution in [0.25, 0.3) is 49.9 Å². The zero-order valence-electron chi connectivity index (χ0n) is 17.4. The molecule has 0 bridgehead atoms. The highest BCUT2D eigenvalue weighted by Gasteiger charge is 2.17. The summed E-state index contributed by atoms with van der Waals surface area (Å²) >= 11 is 0. The van der Waals surface area contributed by atoms with Crippen molar-refractivity contribution in [1.82, 2.24) is 0 Å². The molecule has 0 spiro atoms. The van der Waals surface area contributed by atoms with Gasteiger partial charge in [0.15, 0.2) is 0 Å². The Morgan fingerprint density at radius 3 is 1.63 bits per heavy atom. The molecule has 0 fully saturated rings. The van der Waals surface area contributed by atoms with E-state index in [2.05, 4.69) is 123 Å². The van der Waals surface area contributed by atoms with E-state index in [-0.39, 0.29) is 0 Å². The molecular formula is C30H24. The van der Waals surface area contributed by atoms with Crippen molar-refractivity contribution in [3.8, 4) is 22.3 Å². The lowest BCUT2D eigenvalue weighted by Gasteiger charge is -2.19. The molecule has 0 amide bonds. The van der Waals surface area contributed by atoms with Crippen LogP contribution in [0.5, 0.6) is 0 Å². The molecule has 5 rings (SSSR count). The minimum Gasteiger partial charge on any atom is -0.0870 e. The molecule has 30 heavy (non-hydrogen) atoms. The summed E-state index contributed by atoms with van der Waals surface area (Å²) in [5, 5.41) is 5.19. The maximum absolute atomic E-state index is 2.27. The summed E-state index contributed by atoms with van der Waals surface area (Å²) < 4.78 is 0. The van der Waals surface area contributed by atoms with Crippen molar-refractivity contribution in [3.63, 3.8) is 0 Å². The lowest BCUT2D eigenvalue weighted by Crippen LogP contribution is -1.93. The standard InChI is InChI=1S/C30H24/c1-3-12-23-21(2)13-11-20-24(23)30-27-18-9-7-16-25(27)29(22-14-5-4-6-15-22)26-17-8-10-19-28(26)30/h3-20H,1-2H3. The Labute approximate surface area is 178 Å². The summed E-state index contributed by atoms with van der Waals surface area (Å²) in [4.78, 5) is 0. The van der Waals surface area contributed by atoms with Crippen LogP contribution in [0.2, 0.25) is 0 Å². The van der Waals surface area contributed by atoms with Crippen molar-refractivity contribution < 1.29 is 0 Å². The van der Waals surface area contributed by atoms with E-state index in [4.69, 9.17) is 0 Å². The highest BCUT2D eigenvalue weighted by molar-refractivity contribution is 6.21. The number of hydrogen-bond donors (Lipinski definition) is 0. The summed E-state index contributed by atoms with van der Waals surface area (Å²) in [6.45, 7) is 4.28.